The van der Waals surface area contributed by atoms with E-state index in [1.54, 1.807) is 0 Å². The molecule has 0 aromatic heterocycles. The first-order valence-corrected chi connectivity index (χ1v) is 12.5. The number of alkyl carbamates (subject to hydrolysis) is 1. The van der Waals surface area contributed by atoms with Crippen LogP contribution in [-0.2, 0) is 14.3 Å². The summed E-state index contributed by atoms with van der Waals surface area (Å²) in [5.74, 6) is -1.91. The summed E-state index contributed by atoms with van der Waals surface area (Å²) in [6, 6.07) is 16.0. The molecule has 2 aromatic carbocycles. The monoisotopic (exact) mass is 478 g/mol. The van der Waals surface area contributed by atoms with Crippen LogP contribution in [0.5, 0.6) is 0 Å². The van der Waals surface area contributed by atoms with E-state index in [-0.39, 0.29) is 42.9 Å². The fourth-order valence-electron chi connectivity index (χ4n) is 5.43. The van der Waals surface area contributed by atoms with Crippen LogP contribution < -0.4 is 10.6 Å². The number of carboxylic acids is 1. The van der Waals surface area contributed by atoms with Gasteiger partial charge in [-0.1, -0.05) is 68.8 Å². The quantitative estimate of drug-likeness (QED) is 0.490. The Bertz CT molecular complexity index is 1040. The molecule has 0 heterocycles. The SMILES string of the molecule is CC(C)CC(CNC(=O)[C@@H]1CCC[C@@H]1NC(=O)OCC1c2ccccc2-c2ccccc21)C(=O)O. The van der Waals surface area contributed by atoms with Crippen molar-refractivity contribution in [3.63, 3.8) is 0 Å². The van der Waals surface area contributed by atoms with Gasteiger partial charge in [-0.05, 0) is 47.4 Å². The Hall–Kier alpha value is -3.35. The van der Waals surface area contributed by atoms with Crippen molar-refractivity contribution >= 4 is 18.0 Å². The van der Waals surface area contributed by atoms with Crippen molar-refractivity contribution in [3.8, 4) is 11.1 Å². The normalized spacial score (nSPS) is 19.6. The first kappa shape index (κ1) is 24.8. The molecule has 186 valence electrons. The third-order valence-corrected chi connectivity index (χ3v) is 7.13. The first-order valence-electron chi connectivity index (χ1n) is 12.5. The van der Waals surface area contributed by atoms with Gasteiger partial charge in [0.2, 0.25) is 5.91 Å². The Labute approximate surface area is 206 Å². The molecule has 1 fully saturated rings. The number of amides is 2. The molecular formula is C28H34N2O5. The van der Waals surface area contributed by atoms with E-state index in [2.05, 4.69) is 34.9 Å². The fourth-order valence-corrected chi connectivity index (χ4v) is 5.43. The van der Waals surface area contributed by atoms with Crippen LogP contribution in [0.1, 0.15) is 56.6 Å². The van der Waals surface area contributed by atoms with Crippen LogP contribution in [-0.4, -0.2) is 42.3 Å². The molecule has 7 nitrogen and oxygen atoms in total. The standard InChI is InChI=1S/C28H34N2O5/c1-17(2)14-18(27(32)33)15-29-26(31)23-12-7-13-25(23)30-28(34)35-16-24-21-10-5-3-8-19(21)20-9-4-6-11-22(20)24/h3-6,8-11,17-18,23-25H,7,12-16H2,1-2H3,(H,29,31)(H,30,34)(H,32,33)/t18?,23-,25+/m1/s1. The van der Waals surface area contributed by atoms with Crippen molar-refractivity contribution in [1.82, 2.24) is 10.6 Å². The number of aliphatic carboxylic acids is 1. The van der Waals surface area contributed by atoms with Gasteiger partial charge in [-0.2, -0.15) is 0 Å². The number of nitrogens with one attached hydrogen (secondary N) is 2. The highest BCUT2D eigenvalue weighted by Crippen LogP contribution is 2.44. The first-order chi connectivity index (χ1) is 16.8. The summed E-state index contributed by atoms with van der Waals surface area (Å²) in [5.41, 5.74) is 4.63. The number of ether oxygens (including phenoxy) is 1. The van der Waals surface area contributed by atoms with Gasteiger partial charge < -0.3 is 20.5 Å². The van der Waals surface area contributed by atoms with Crippen LogP contribution in [0.4, 0.5) is 4.79 Å². The van der Waals surface area contributed by atoms with Gasteiger partial charge in [0.15, 0.2) is 0 Å². The van der Waals surface area contributed by atoms with Crippen molar-refractivity contribution in [3.05, 3.63) is 59.7 Å². The van der Waals surface area contributed by atoms with E-state index in [4.69, 9.17) is 4.74 Å². The number of hydrogen-bond acceptors (Lipinski definition) is 4. The van der Waals surface area contributed by atoms with Gasteiger partial charge in [-0.25, -0.2) is 4.79 Å². The highest BCUT2D eigenvalue weighted by atomic mass is 16.5. The number of carboxylic acid groups (broad SMARTS) is 1. The molecule has 2 aliphatic carbocycles. The lowest BCUT2D eigenvalue weighted by molar-refractivity contribution is -0.142. The summed E-state index contributed by atoms with van der Waals surface area (Å²) in [5, 5.41) is 15.1. The summed E-state index contributed by atoms with van der Waals surface area (Å²) in [4.78, 5) is 37.0. The number of rotatable bonds is 9. The molecule has 35 heavy (non-hydrogen) atoms. The molecule has 2 aromatic rings. The van der Waals surface area contributed by atoms with Crippen LogP contribution in [0.2, 0.25) is 0 Å². The molecule has 2 amide bonds. The average Bonchev–Trinajstić information content (AvgIpc) is 3.42. The van der Waals surface area contributed by atoms with Crippen molar-refractivity contribution < 1.29 is 24.2 Å². The molecule has 0 aliphatic heterocycles. The predicted octanol–water partition coefficient (Wildman–Crippen LogP) is 4.56. The van der Waals surface area contributed by atoms with E-state index in [1.165, 1.54) is 11.1 Å². The lowest BCUT2D eigenvalue weighted by Gasteiger charge is -2.22. The minimum absolute atomic E-state index is 0.0234. The predicted molar refractivity (Wildman–Crippen MR) is 133 cm³/mol. The van der Waals surface area contributed by atoms with E-state index < -0.39 is 18.0 Å². The van der Waals surface area contributed by atoms with Crippen molar-refractivity contribution in [1.29, 1.82) is 0 Å². The Kier molecular flexibility index (Phi) is 7.73. The second-order valence-electron chi connectivity index (χ2n) is 10.0. The molecule has 0 saturated heterocycles. The van der Waals surface area contributed by atoms with Gasteiger partial charge >= 0.3 is 12.1 Å². The van der Waals surface area contributed by atoms with Gasteiger partial charge in [0.25, 0.3) is 0 Å². The van der Waals surface area contributed by atoms with E-state index in [0.717, 1.165) is 17.5 Å². The maximum absolute atomic E-state index is 12.8. The second-order valence-corrected chi connectivity index (χ2v) is 10.0. The zero-order valence-electron chi connectivity index (χ0n) is 20.3. The maximum Gasteiger partial charge on any atom is 0.407 e. The Morgan fingerprint density at radius 2 is 1.63 bits per heavy atom. The second kappa shape index (κ2) is 10.9. The largest absolute Gasteiger partial charge is 0.481 e. The van der Waals surface area contributed by atoms with E-state index in [9.17, 15) is 19.5 Å². The number of hydrogen-bond donors (Lipinski definition) is 3. The maximum atomic E-state index is 12.8. The summed E-state index contributed by atoms with van der Waals surface area (Å²) in [7, 11) is 0. The molecule has 4 rings (SSSR count). The third-order valence-electron chi connectivity index (χ3n) is 7.13. The van der Waals surface area contributed by atoms with Gasteiger partial charge in [-0.3, -0.25) is 9.59 Å². The Balaban J connectivity index is 1.32. The molecule has 2 aliphatic rings. The molecule has 0 radical (unpaired) electrons. The zero-order valence-corrected chi connectivity index (χ0v) is 20.3. The molecule has 3 N–H and O–H groups in total. The average molecular weight is 479 g/mol. The van der Waals surface area contributed by atoms with Crippen LogP contribution >= 0.6 is 0 Å². The Morgan fingerprint density at radius 3 is 2.23 bits per heavy atom. The van der Waals surface area contributed by atoms with Crippen LogP contribution in [0.3, 0.4) is 0 Å². The topological polar surface area (TPSA) is 105 Å². The van der Waals surface area contributed by atoms with E-state index in [0.29, 0.717) is 19.3 Å². The number of fused-ring (bicyclic) bond motifs is 3. The number of carbonyl (C=O) groups excluding carboxylic acids is 2. The molecule has 0 bridgehead atoms. The van der Waals surface area contributed by atoms with E-state index in [1.807, 2.05) is 38.1 Å². The summed E-state index contributed by atoms with van der Waals surface area (Å²) in [6.45, 7) is 4.24. The minimum atomic E-state index is -0.904. The minimum Gasteiger partial charge on any atom is -0.481 e. The van der Waals surface area contributed by atoms with Crippen molar-refractivity contribution in [2.45, 2.75) is 51.5 Å². The fraction of sp³-hybridized carbons (Fsp3) is 0.464. The molecule has 1 unspecified atom stereocenters. The zero-order chi connectivity index (χ0) is 24.9. The van der Waals surface area contributed by atoms with Crippen molar-refractivity contribution in [2.24, 2.45) is 17.8 Å². The molecule has 1 saturated carbocycles. The molecule has 0 spiro atoms. The van der Waals surface area contributed by atoms with Crippen LogP contribution in [0.15, 0.2) is 48.5 Å². The third kappa shape index (κ3) is 5.66. The molecular weight excluding hydrogens is 444 g/mol. The smallest absolute Gasteiger partial charge is 0.407 e. The number of benzene rings is 2. The highest BCUT2D eigenvalue weighted by Gasteiger charge is 2.35. The van der Waals surface area contributed by atoms with Gasteiger partial charge in [0, 0.05) is 18.5 Å². The van der Waals surface area contributed by atoms with Gasteiger partial charge in [-0.15, -0.1) is 0 Å². The summed E-state index contributed by atoms with van der Waals surface area (Å²) >= 11 is 0. The number of carbonyl (C=O) groups is 3. The van der Waals surface area contributed by atoms with Gasteiger partial charge in [0.1, 0.15) is 6.61 Å². The molecule has 3 atom stereocenters. The van der Waals surface area contributed by atoms with E-state index >= 15 is 0 Å². The highest BCUT2D eigenvalue weighted by molar-refractivity contribution is 5.82. The summed E-state index contributed by atoms with van der Waals surface area (Å²) in [6.07, 6.45) is 2.14. The lowest BCUT2D eigenvalue weighted by Crippen LogP contribution is -2.45. The van der Waals surface area contributed by atoms with Crippen LogP contribution in [0.25, 0.3) is 11.1 Å². The lowest BCUT2D eigenvalue weighted by atomic mass is 9.96. The van der Waals surface area contributed by atoms with Crippen LogP contribution in [0, 0.1) is 17.8 Å². The Morgan fingerprint density at radius 1 is 1.00 bits per heavy atom. The van der Waals surface area contributed by atoms with Crippen molar-refractivity contribution in [2.75, 3.05) is 13.2 Å². The summed E-state index contributed by atoms with van der Waals surface area (Å²) < 4.78 is 5.64. The molecule has 7 heteroatoms. The van der Waals surface area contributed by atoms with Gasteiger partial charge in [0.05, 0.1) is 11.8 Å².